The fourth-order valence-electron chi connectivity index (χ4n) is 2.51. The number of hydrogen-bond acceptors (Lipinski definition) is 7. The lowest BCUT2D eigenvalue weighted by atomic mass is 9.84. The molecule has 0 saturated carbocycles. The molecule has 1 aromatic rings. The minimum atomic E-state index is -0.774. The average molecular weight is 320 g/mol. The first-order valence-corrected chi connectivity index (χ1v) is 7.36. The molecule has 2 rings (SSSR count). The molecule has 7 heteroatoms. The van der Waals surface area contributed by atoms with E-state index in [2.05, 4.69) is 5.32 Å². The Morgan fingerprint density at radius 3 is 2.35 bits per heavy atom. The number of furan rings is 1. The van der Waals surface area contributed by atoms with Crippen molar-refractivity contribution in [2.24, 2.45) is 5.73 Å². The van der Waals surface area contributed by atoms with Gasteiger partial charge >= 0.3 is 11.9 Å². The number of allylic oxidation sites excluding steroid dienone is 1. The SMILES string of the molecule is CCOC(=O)C1=C(C)NC(N)=C(C(=O)OCC)C1c1ccco1. The van der Waals surface area contributed by atoms with Gasteiger partial charge in [-0.15, -0.1) is 0 Å². The minimum Gasteiger partial charge on any atom is -0.468 e. The Bertz CT molecular complexity index is 618. The van der Waals surface area contributed by atoms with Gasteiger partial charge < -0.3 is 24.9 Å². The predicted octanol–water partition coefficient (Wildman–Crippen LogP) is 1.54. The van der Waals surface area contributed by atoms with Crippen molar-refractivity contribution in [2.75, 3.05) is 13.2 Å². The maximum atomic E-state index is 12.4. The van der Waals surface area contributed by atoms with Crippen LogP contribution in [0.25, 0.3) is 0 Å². The van der Waals surface area contributed by atoms with Crippen LogP contribution in [0.15, 0.2) is 45.5 Å². The van der Waals surface area contributed by atoms with Crippen LogP contribution in [0.4, 0.5) is 0 Å². The molecule has 0 spiro atoms. The second-order valence-electron chi connectivity index (χ2n) is 4.88. The summed E-state index contributed by atoms with van der Waals surface area (Å²) in [4.78, 5) is 24.7. The Balaban J connectivity index is 2.55. The van der Waals surface area contributed by atoms with Gasteiger partial charge in [0, 0.05) is 5.70 Å². The summed E-state index contributed by atoms with van der Waals surface area (Å²) in [5.41, 5.74) is 6.89. The summed E-state index contributed by atoms with van der Waals surface area (Å²) in [5, 5.41) is 2.84. The Morgan fingerprint density at radius 2 is 1.83 bits per heavy atom. The normalized spacial score (nSPS) is 17.8. The lowest BCUT2D eigenvalue weighted by molar-refractivity contribution is -0.139. The Morgan fingerprint density at radius 1 is 1.22 bits per heavy atom. The lowest BCUT2D eigenvalue weighted by Gasteiger charge is -2.28. The summed E-state index contributed by atoms with van der Waals surface area (Å²) >= 11 is 0. The van der Waals surface area contributed by atoms with Gasteiger partial charge in [-0.25, -0.2) is 9.59 Å². The molecule has 0 bridgehead atoms. The third-order valence-corrected chi connectivity index (χ3v) is 3.41. The van der Waals surface area contributed by atoms with Crippen LogP contribution in [0.3, 0.4) is 0 Å². The molecule has 0 radical (unpaired) electrons. The average Bonchev–Trinajstić information content (AvgIpc) is 3.00. The van der Waals surface area contributed by atoms with Gasteiger partial charge in [0.15, 0.2) is 0 Å². The molecule has 1 atom stereocenters. The van der Waals surface area contributed by atoms with E-state index in [4.69, 9.17) is 19.6 Å². The fraction of sp³-hybridized carbons (Fsp3) is 0.375. The number of hydrogen-bond donors (Lipinski definition) is 2. The molecule has 0 amide bonds. The Kier molecular flexibility index (Phi) is 5.10. The molecule has 0 aliphatic carbocycles. The number of ether oxygens (including phenoxy) is 2. The zero-order valence-corrected chi connectivity index (χ0v) is 13.3. The van der Waals surface area contributed by atoms with Crippen LogP contribution in [0, 0.1) is 0 Å². The zero-order chi connectivity index (χ0) is 17.0. The molecule has 1 aliphatic rings. The highest BCUT2D eigenvalue weighted by Gasteiger charge is 2.40. The third kappa shape index (κ3) is 3.23. The highest BCUT2D eigenvalue weighted by atomic mass is 16.5. The molecule has 1 aromatic heterocycles. The van der Waals surface area contributed by atoms with Crippen LogP contribution in [0.5, 0.6) is 0 Å². The van der Waals surface area contributed by atoms with Crippen molar-refractivity contribution in [1.82, 2.24) is 5.32 Å². The van der Waals surface area contributed by atoms with Crippen LogP contribution in [-0.4, -0.2) is 25.2 Å². The van der Waals surface area contributed by atoms with Crippen LogP contribution in [0.1, 0.15) is 32.4 Å². The van der Waals surface area contributed by atoms with Gasteiger partial charge in [-0.1, -0.05) is 0 Å². The van der Waals surface area contributed by atoms with Crippen molar-refractivity contribution >= 4 is 11.9 Å². The molecule has 0 saturated heterocycles. The van der Waals surface area contributed by atoms with E-state index < -0.39 is 17.9 Å². The van der Waals surface area contributed by atoms with E-state index in [1.807, 2.05) is 0 Å². The van der Waals surface area contributed by atoms with Crippen molar-refractivity contribution in [3.63, 3.8) is 0 Å². The number of nitrogens with one attached hydrogen (secondary N) is 1. The van der Waals surface area contributed by atoms with E-state index in [9.17, 15) is 9.59 Å². The molecule has 1 unspecified atom stereocenters. The summed E-state index contributed by atoms with van der Waals surface area (Å²) in [6, 6.07) is 3.35. The second kappa shape index (κ2) is 7.04. The third-order valence-electron chi connectivity index (χ3n) is 3.41. The summed E-state index contributed by atoms with van der Waals surface area (Å²) in [7, 11) is 0. The first-order chi connectivity index (χ1) is 11.0. The van der Waals surface area contributed by atoms with Crippen LogP contribution >= 0.6 is 0 Å². The minimum absolute atomic E-state index is 0.135. The number of dihydropyridines is 1. The highest BCUT2D eigenvalue weighted by molar-refractivity contribution is 5.99. The Hall–Kier alpha value is -2.70. The predicted molar refractivity (Wildman–Crippen MR) is 81.8 cm³/mol. The van der Waals surface area contributed by atoms with Gasteiger partial charge in [-0.3, -0.25) is 0 Å². The van der Waals surface area contributed by atoms with Gasteiger partial charge in [-0.2, -0.15) is 0 Å². The molecule has 3 N–H and O–H groups in total. The lowest BCUT2D eigenvalue weighted by Crippen LogP contribution is -2.36. The Labute approximate surface area is 134 Å². The van der Waals surface area contributed by atoms with Crippen LogP contribution in [0.2, 0.25) is 0 Å². The molecule has 0 fully saturated rings. The maximum absolute atomic E-state index is 12.4. The quantitative estimate of drug-likeness (QED) is 0.793. The van der Waals surface area contributed by atoms with Crippen LogP contribution in [-0.2, 0) is 19.1 Å². The van der Waals surface area contributed by atoms with Crippen molar-refractivity contribution in [3.05, 3.63) is 46.8 Å². The summed E-state index contributed by atoms with van der Waals surface area (Å²) in [6.45, 7) is 5.51. The molecular formula is C16H20N2O5. The van der Waals surface area contributed by atoms with E-state index in [0.717, 1.165) is 0 Å². The molecule has 7 nitrogen and oxygen atoms in total. The van der Waals surface area contributed by atoms with Gasteiger partial charge in [0.05, 0.1) is 36.5 Å². The maximum Gasteiger partial charge on any atom is 0.338 e. The van der Waals surface area contributed by atoms with Gasteiger partial charge in [0.1, 0.15) is 11.6 Å². The van der Waals surface area contributed by atoms with E-state index in [1.165, 1.54) is 6.26 Å². The smallest absolute Gasteiger partial charge is 0.338 e. The van der Waals surface area contributed by atoms with E-state index in [-0.39, 0.29) is 30.2 Å². The van der Waals surface area contributed by atoms with E-state index >= 15 is 0 Å². The summed E-state index contributed by atoms with van der Waals surface area (Å²) < 4.78 is 15.6. The van der Waals surface area contributed by atoms with Gasteiger partial charge in [0.2, 0.25) is 0 Å². The fourth-order valence-corrected chi connectivity index (χ4v) is 2.51. The van der Waals surface area contributed by atoms with E-state index in [1.54, 1.807) is 32.9 Å². The summed E-state index contributed by atoms with van der Waals surface area (Å²) in [5.74, 6) is -1.36. The van der Waals surface area contributed by atoms with Crippen molar-refractivity contribution < 1.29 is 23.5 Å². The van der Waals surface area contributed by atoms with Gasteiger partial charge in [0.25, 0.3) is 0 Å². The number of carbonyl (C=O) groups is 2. The summed E-state index contributed by atoms with van der Waals surface area (Å²) in [6.07, 6.45) is 1.47. The topological polar surface area (TPSA) is 104 Å². The molecular weight excluding hydrogens is 300 g/mol. The second-order valence-corrected chi connectivity index (χ2v) is 4.88. The number of nitrogens with two attached hydrogens (primary N) is 1. The molecule has 124 valence electrons. The molecule has 1 aliphatic heterocycles. The number of carbonyl (C=O) groups excluding carboxylic acids is 2. The van der Waals surface area contributed by atoms with Gasteiger partial charge in [-0.05, 0) is 32.9 Å². The molecule has 0 aromatic carbocycles. The number of rotatable bonds is 5. The van der Waals surface area contributed by atoms with E-state index in [0.29, 0.717) is 11.5 Å². The molecule has 2 heterocycles. The molecule has 23 heavy (non-hydrogen) atoms. The largest absolute Gasteiger partial charge is 0.468 e. The standard InChI is InChI=1S/C16H20N2O5/c1-4-21-15(19)11-9(3)18-14(17)13(16(20)22-5-2)12(11)10-7-6-8-23-10/h6-8,12,18H,4-5,17H2,1-3H3. The van der Waals surface area contributed by atoms with Crippen molar-refractivity contribution in [1.29, 1.82) is 0 Å². The first-order valence-electron chi connectivity index (χ1n) is 7.36. The van der Waals surface area contributed by atoms with Crippen LogP contribution < -0.4 is 11.1 Å². The van der Waals surface area contributed by atoms with Crippen molar-refractivity contribution in [3.8, 4) is 0 Å². The zero-order valence-electron chi connectivity index (χ0n) is 13.3. The highest BCUT2D eigenvalue weighted by Crippen LogP contribution is 2.38. The first kappa shape index (κ1) is 16.7. The number of esters is 2. The monoisotopic (exact) mass is 320 g/mol. The van der Waals surface area contributed by atoms with Crippen molar-refractivity contribution in [2.45, 2.75) is 26.7 Å².